The summed E-state index contributed by atoms with van der Waals surface area (Å²) in [4.78, 5) is 0. The van der Waals surface area contributed by atoms with Crippen LogP contribution in [0.15, 0.2) is 12.1 Å². The Balaban J connectivity index is 1.60. The van der Waals surface area contributed by atoms with Crippen LogP contribution in [0.4, 0.5) is 23.4 Å². The van der Waals surface area contributed by atoms with Crippen molar-refractivity contribution in [2.45, 2.75) is 75.5 Å². The van der Waals surface area contributed by atoms with E-state index in [1.54, 1.807) is 0 Å². The number of nitrogens with zero attached hydrogens (tertiary/aromatic N) is 2. The molecule has 0 radical (unpaired) electrons. The van der Waals surface area contributed by atoms with Crippen LogP contribution >= 0.6 is 0 Å². The second kappa shape index (κ2) is 7.84. The Bertz CT molecular complexity index is 1050. The van der Waals surface area contributed by atoms with Gasteiger partial charge in [0.2, 0.25) is 0 Å². The number of benzene rings is 1. The number of aliphatic hydroxyl groups excluding tert-OH is 1. The van der Waals surface area contributed by atoms with Crippen LogP contribution in [0.2, 0.25) is 0 Å². The van der Waals surface area contributed by atoms with E-state index in [0.29, 0.717) is 36.4 Å². The van der Waals surface area contributed by atoms with Gasteiger partial charge in [0.15, 0.2) is 5.82 Å². The lowest BCUT2D eigenvalue weighted by molar-refractivity contribution is -0.140. The molecule has 1 aromatic carbocycles. The van der Waals surface area contributed by atoms with Gasteiger partial charge in [-0.3, -0.25) is 0 Å². The van der Waals surface area contributed by atoms with Crippen molar-refractivity contribution in [1.82, 2.24) is 10.2 Å². The second-order valence-electron chi connectivity index (χ2n) is 8.77. The zero-order chi connectivity index (χ0) is 22.6. The highest BCUT2D eigenvalue weighted by atomic mass is 19.4. The number of fused-ring (bicyclic) bond motifs is 4. The van der Waals surface area contributed by atoms with Gasteiger partial charge < -0.3 is 20.3 Å². The Kier molecular flexibility index (Phi) is 5.24. The number of aromatic nitrogens is 2. The average molecular weight is 453 g/mol. The van der Waals surface area contributed by atoms with E-state index >= 15 is 0 Å². The number of rotatable bonds is 3. The molecular formula is C22H23F4N3O3. The number of ether oxygens (including phenoxy) is 1. The largest absolute Gasteiger partial charge is 0.507 e. The second-order valence-corrected chi connectivity index (χ2v) is 8.77. The number of phenolic OH excluding ortho intramolecular Hbond substituents is 1. The highest BCUT2D eigenvalue weighted by molar-refractivity contribution is 5.74. The lowest BCUT2D eigenvalue weighted by Gasteiger charge is -2.32. The zero-order valence-corrected chi connectivity index (χ0v) is 17.1. The van der Waals surface area contributed by atoms with Crippen LogP contribution < -0.4 is 5.32 Å². The summed E-state index contributed by atoms with van der Waals surface area (Å²) < 4.78 is 59.4. The average Bonchev–Trinajstić information content (AvgIpc) is 3.11. The summed E-state index contributed by atoms with van der Waals surface area (Å²) in [6.45, 7) is 0. The molecule has 172 valence electrons. The summed E-state index contributed by atoms with van der Waals surface area (Å²) in [5.74, 6) is -1.73. The van der Waals surface area contributed by atoms with Gasteiger partial charge in [-0.15, -0.1) is 10.2 Å². The van der Waals surface area contributed by atoms with Gasteiger partial charge in [0.25, 0.3) is 0 Å². The number of hydrogen-bond donors (Lipinski definition) is 3. The Morgan fingerprint density at radius 1 is 1.06 bits per heavy atom. The van der Waals surface area contributed by atoms with Gasteiger partial charge in [0.1, 0.15) is 17.3 Å². The minimum Gasteiger partial charge on any atom is -0.507 e. The SMILES string of the molecule is Oc1cc(C(F)(F)F)c(F)cc1-c1nnc(N[C@@H]2CCCC[C@H]2O)c2c1C[C@H]1CC[C@@H]2O1. The molecule has 10 heteroatoms. The fourth-order valence-corrected chi connectivity index (χ4v) is 5.08. The summed E-state index contributed by atoms with van der Waals surface area (Å²) in [6.07, 6.45) is -0.423. The smallest absolute Gasteiger partial charge is 0.419 e. The van der Waals surface area contributed by atoms with E-state index in [2.05, 4.69) is 15.5 Å². The van der Waals surface area contributed by atoms with Gasteiger partial charge in [-0.2, -0.15) is 13.2 Å². The molecule has 1 aromatic heterocycles. The fourth-order valence-electron chi connectivity index (χ4n) is 5.08. The summed E-state index contributed by atoms with van der Waals surface area (Å²) >= 11 is 0. The quantitative estimate of drug-likeness (QED) is 0.594. The van der Waals surface area contributed by atoms with Crippen LogP contribution in [0.3, 0.4) is 0 Å². The third-order valence-electron chi connectivity index (χ3n) is 6.67. The topological polar surface area (TPSA) is 87.5 Å². The molecule has 6 nitrogen and oxygen atoms in total. The van der Waals surface area contributed by atoms with Gasteiger partial charge in [0, 0.05) is 17.5 Å². The van der Waals surface area contributed by atoms with E-state index in [0.717, 1.165) is 37.7 Å². The van der Waals surface area contributed by atoms with Gasteiger partial charge in [-0.25, -0.2) is 4.39 Å². The zero-order valence-electron chi connectivity index (χ0n) is 17.1. The Hall–Kier alpha value is -2.46. The molecule has 0 amide bonds. The molecule has 0 spiro atoms. The molecule has 1 aliphatic carbocycles. The first-order valence-corrected chi connectivity index (χ1v) is 10.8. The maximum atomic E-state index is 14.3. The van der Waals surface area contributed by atoms with Crippen molar-refractivity contribution in [1.29, 1.82) is 0 Å². The van der Waals surface area contributed by atoms with E-state index in [-0.39, 0.29) is 29.5 Å². The first kappa shape index (κ1) is 21.4. The van der Waals surface area contributed by atoms with Crippen LogP contribution in [0, 0.1) is 5.82 Å². The molecule has 2 bridgehead atoms. The van der Waals surface area contributed by atoms with Crippen molar-refractivity contribution in [3.63, 3.8) is 0 Å². The minimum atomic E-state index is -4.92. The number of anilines is 1. The number of aliphatic hydroxyl groups is 1. The van der Waals surface area contributed by atoms with E-state index in [1.807, 2.05) is 0 Å². The molecular weight excluding hydrogens is 430 g/mol. The molecule has 1 saturated heterocycles. The van der Waals surface area contributed by atoms with Crippen molar-refractivity contribution in [2.24, 2.45) is 0 Å². The number of phenols is 1. The van der Waals surface area contributed by atoms with Crippen molar-refractivity contribution in [3.05, 3.63) is 34.6 Å². The number of nitrogens with one attached hydrogen (secondary N) is 1. The van der Waals surface area contributed by atoms with E-state index < -0.39 is 29.4 Å². The first-order valence-electron chi connectivity index (χ1n) is 10.8. The fraction of sp³-hybridized carbons (Fsp3) is 0.545. The van der Waals surface area contributed by atoms with Crippen LogP contribution in [0.5, 0.6) is 5.75 Å². The number of aromatic hydroxyl groups is 1. The summed E-state index contributed by atoms with van der Waals surface area (Å²) in [5, 5.41) is 32.4. The van der Waals surface area contributed by atoms with Gasteiger partial charge in [-0.05, 0) is 43.4 Å². The van der Waals surface area contributed by atoms with Gasteiger partial charge in [0.05, 0.1) is 29.9 Å². The lowest BCUT2D eigenvalue weighted by atomic mass is 9.91. The van der Waals surface area contributed by atoms with Crippen molar-refractivity contribution in [2.75, 3.05) is 5.32 Å². The molecule has 4 atom stereocenters. The van der Waals surface area contributed by atoms with Crippen LogP contribution in [-0.4, -0.2) is 38.7 Å². The molecule has 5 rings (SSSR count). The van der Waals surface area contributed by atoms with Crippen LogP contribution in [-0.2, 0) is 17.3 Å². The summed E-state index contributed by atoms with van der Waals surface area (Å²) in [6, 6.07) is 0.860. The third kappa shape index (κ3) is 3.69. The molecule has 0 unspecified atom stereocenters. The third-order valence-corrected chi connectivity index (χ3v) is 6.67. The van der Waals surface area contributed by atoms with E-state index in [1.165, 1.54) is 0 Å². The Morgan fingerprint density at radius 3 is 2.59 bits per heavy atom. The lowest BCUT2D eigenvalue weighted by Crippen LogP contribution is -2.37. The van der Waals surface area contributed by atoms with E-state index in [4.69, 9.17) is 4.74 Å². The molecule has 3 heterocycles. The van der Waals surface area contributed by atoms with E-state index in [9.17, 15) is 27.8 Å². The Morgan fingerprint density at radius 2 is 1.84 bits per heavy atom. The maximum Gasteiger partial charge on any atom is 0.419 e. The first-order chi connectivity index (χ1) is 15.2. The minimum absolute atomic E-state index is 0.0787. The number of halogens is 4. The summed E-state index contributed by atoms with van der Waals surface area (Å²) in [5.41, 5.74) is -0.111. The Labute approximate surface area is 181 Å². The normalized spacial score (nSPS) is 27.3. The maximum absolute atomic E-state index is 14.3. The van der Waals surface area contributed by atoms with Crippen molar-refractivity contribution < 1.29 is 32.5 Å². The summed E-state index contributed by atoms with van der Waals surface area (Å²) in [7, 11) is 0. The molecule has 3 aliphatic rings. The predicted molar refractivity (Wildman–Crippen MR) is 107 cm³/mol. The molecule has 2 aliphatic heterocycles. The highest BCUT2D eigenvalue weighted by Crippen LogP contribution is 2.48. The standard InChI is InChI=1S/C22H23F4N3O3/c23-14-8-11(17(31)9-13(14)22(24,25)26)20-12-7-10-5-6-18(32-10)19(12)21(29-28-20)27-15-3-1-2-4-16(15)30/h8-10,15-16,18,30-31H,1-7H2,(H,27,29)/t10-,15-,16-,18+/m1/s1. The van der Waals surface area contributed by atoms with Crippen LogP contribution in [0.25, 0.3) is 11.3 Å². The van der Waals surface area contributed by atoms with Crippen LogP contribution in [0.1, 0.15) is 61.3 Å². The monoisotopic (exact) mass is 453 g/mol. The molecule has 3 N–H and O–H groups in total. The molecule has 1 saturated carbocycles. The van der Waals surface area contributed by atoms with Crippen molar-refractivity contribution >= 4 is 5.82 Å². The molecule has 2 fully saturated rings. The van der Waals surface area contributed by atoms with Gasteiger partial charge >= 0.3 is 6.18 Å². The highest BCUT2D eigenvalue weighted by Gasteiger charge is 2.40. The van der Waals surface area contributed by atoms with Crippen molar-refractivity contribution in [3.8, 4) is 17.0 Å². The molecule has 32 heavy (non-hydrogen) atoms. The predicted octanol–water partition coefficient (Wildman–Crippen LogP) is 4.50. The number of hydrogen-bond acceptors (Lipinski definition) is 6. The van der Waals surface area contributed by atoms with Gasteiger partial charge in [-0.1, -0.05) is 12.8 Å². The number of alkyl halides is 3. The molecule has 2 aromatic rings.